The summed E-state index contributed by atoms with van der Waals surface area (Å²) in [5.41, 5.74) is 7.40. The lowest BCUT2D eigenvalue weighted by atomic mass is 10.00. The summed E-state index contributed by atoms with van der Waals surface area (Å²) in [4.78, 5) is 3.80. The van der Waals surface area contributed by atoms with Gasteiger partial charge >= 0.3 is 0 Å². The van der Waals surface area contributed by atoms with Crippen LogP contribution in [-0.4, -0.2) is 71.6 Å². The first-order valence-corrected chi connectivity index (χ1v) is 16.7. The Kier molecular flexibility index (Phi) is 11.9. The molecule has 51 heavy (non-hydrogen) atoms. The molecule has 0 saturated heterocycles. The number of nitriles is 1. The van der Waals surface area contributed by atoms with Crippen LogP contribution in [0.25, 0.3) is 54.6 Å². The molecule has 1 heterocycles. The number of nitrogens with zero attached hydrogens (tertiary/aromatic N) is 3. The largest absolute Gasteiger partial charge is 0.491 e. The molecule has 9 nitrogen and oxygen atoms in total. The highest BCUT2D eigenvalue weighted by molar-refractivity contribution is 6.12. The lowest BCUT2D eigenvalue weighted by Crippen LogP contribution is -2.09. The minimum absolute atomic E-state index is 0.417. The molecule has 0 aliphatic rings. The molecule has 1 aromatic heterocycles. The number of para-hydroxylation sites is 1. The van der Waals surface area contributed by atoms with Gasteiger partial charge in [0.1, 0.15) is 24.7 Å². The zero-order chi connectivity index (χ0) is 35.4. The average molecular weight is 682 g/mol. The molecule has 258 valence electrons. The molecule has 0 atom stereocenters. The molecule has 0 bridgehead atoms. The number of hydrogen-bond acceptors (Lipinski definition) is 7. The standard InChI is InChI=1S/C42H39N3O6/c1-44-39-6-4-5-34(29-43)42(39)45-40-17-11-32(30-7-13-35(14-8-30)50-25-23-48-21-19-46-2)27-37(40)38-28-33(12-18-41(38)45)31-9-15-36(16-10-31)51-26-24-49-22-20-47-3/h4-18,27-28H,19-26H2,2-3H3. The van der Waals surface area contributed by atoms with Gasteiger partial charge in [0, 0.05) is 25.0 Å². The molecule has 5 aromatic carbocycles. The topological polar surface area (TPSA) is 88.5 Å². The molecule has 0 aliphatic carbocycles. The molecule has 0 radical (unpaired) electrons. The van der Waals surface area contributed by atoms with Gasteiger partial charge in [-0.25, -0.2) is 4.85 Å². The summed E-state index contributed by atoms with van der Waals surface area (Å²) in [5.74, 6) is 1.53. The maximum Gasteiger partial charge on any atom is 0.211 e. The van der Waals surface area contributed by atoms with Crippen LogP contribution in [0.4, 0.5) is 5.69 Å². The van der Waals surface area contributed by atoms with Gasteiger partial charge in [0.05, 0.1) is 74.6 Å². The van der Waals surface area contributed by atoms with Crippen molar-refractivity contribution in [2.75, 3.05) is 67.1 Å². The van der Waals surface area contributed by atoms with Gasteiger partial charge in [0.15, 0.2) is 0 Å². The number of methoxy groups -OCH3 is 2. The van der Waals surface area contributed by atoms with Crippen LogP contribution in [0.1, 0.15) is 5.56 Å². The van der Waals surface area contributed by atoms with E-state index in [9.17, 15) is 5.26 Å². The summed E-state index contributed by atoms with van der Waals surface area (Å²) in [6.07, 6.45) is 0. The lowest BCUT2D eigenvalue weighted by molar-refractivity contribution is 0.0544. The quantitative estimate of drug-likeness (QED) is 0.0704. The van der Waals surface area contributed by atoms with Crippen LogP contribution in [0.2, 0.25) is 0 Å². The van der Waals surface area contributed by atoms with Crippen molar-refractivity contribution in [1.29, 1.82) is 5.26 Å². The van der Waals surface area contributed by atoms with E-state index in [-0.39, 0.29) is 0 Å². The second kappa shape index (κ2) is 17.3. The first kappa shape index (κ1) is 35.2. The molecule has 0 N–H and O–H groups in total. The predicted octanol–water partition coefficient (Wildman–Crippen LogP) is 8.62. The van der Waals surface area contributed by atoms with Crippen molar-refractivity contribution in [3.05, 3.63) is 120 Å². The van der Waals surface area contributed by atoms with Crippen molar-refractivity contribution in [3.8, 4) is 45.5 Å². The molecular weight excluding hydrogens is 642 g/mol. The molecule has 0 unspecified atom stereocenters. The van der Waals surface area contributed by atoms with E-state index in [0.29, 0.717) is 69.8 Å². The van der Waals surface area contributed by atoms with Crippen LogP contribution in [-0.2, 0) is 18.9 Å². The molecule has 0 amide bonds. The van der Waals surface area contributed by atoms with E-state index in [1.807, 2.05) is 53.1 Å². The van der Waals surface area contributed by atoms with Gasteiger partial charge in [0.25, 0.3) is 0 Å². The maximum absolute atomic E-state index is 10.1. The van der Waals surface area contributed by atoms with Crippen LogP contribution in [0, 0.1) is 17.9 Å². The SMILES string of the molecule is [C-]#[N+]c1cccc(C#N)c1-n1c2ccc(-c3ccc(OCCOCCOC)cc3)cc2c2cc(-c3ccc(OCCOCCOC)cc3)ccc21. The maximum atomic E-state index is 10.1. The number of fused-ring (bicyclic) bond motifs is 3. The third-order valence-electron chi connectivity index (χ3n) is 8.48. The van der Waals surface area contributed by atoms with Gasteiger partial charge in [-0.3, -0.25) is 0 Å². The van der Waals surface area contributed by atoms with Crippen molar-refractivity contribution < 1.29 is 28.4 Å². The Morgan fingerprint density at radius 2 is 1.06 bits per heavy atom. The van der Waals surface area contributed by atoms with Gasteiger partial charge < -0.3 is 33.0 Å². The first-order chi connectivity index (χ1) is 25.1. The Bertz CT molecular complexity index is 2010. The van der Waals surface area contributed by atoms with Crippen LogP contribution in [0.5, 0.6) is 11.5 Å². The first-order valence-electron chi connectivity index (χ1n) is 16.7. The third kappa shape index (κ3) is 8.21. The molecule has 0 saturated carbocycles. The van der Waals surface area contributed by atoms with Gasteiger partial charge in [0.2, 0.25) is 5.69 Å². The Morgan fingerprint density at radius 3 is 1.51 bits per heavy atom. The van der Waals surface area contributed by atoms with Crippen molar-refractivity contribution >= 4 is 27.5 Å². The number of aromatic nitrogens is 1. The fourth-order valence-corrected chi connectivity index (χ4v) is 5.98. The number of rotatable bonds is 17. The van der Waals surface area contributed by atoms with Gasteiger partial charge in [-0.1, -0.05) is 48.5 Å². The summed E-state index contributed by atoms with van der Waals surface area (Å²) >= 11 is 0. The molecule has 9 heteroatoms. The molecule has 0 aliphatic heterocycles. The van der Waals surface area contributed by atoms with Crippen molar-refractivity contribution in [1.82, 2.24) is 4.57 Å². The van der Waals surface area contributed by atoms with Crippen molar-refractivity contribution in [2.24, 2.45) is 0 Å². The van der Waals surface area contributed by atoms with Gasteiger partial charge in [-0.05, 0) is 76.9 Å². The summed E-state index contributed by atoms with van der Waals surface area (Å²) in [6, 6.07) is 36.3. The molecule has 6 rings (SSSR count). The van der Waals surface area contributed by atoms with E-state index < -0.39 is 0 Å². The minimum atomic E-state index is 0.417. The Morgan fingerprint density at radius 1 is 0.588 bits per heavy atom. The Hall–Kier alpha value is -5.68. The minimum Gasteiger partial charge on any atom is -0.491 e. The molecule has 0 fully saturated rings. The average Bonchev–Trinajstić information content (AvgIpc) is 3.50. The highest BCUT2D eigenvalue weighted by Crippen LogP contribution is 2.40. The summed E-state index contributed by atoms with van der Waals surface area (Å²) in [7, 11) is 3.30. The van der Waals surface area contributed by atoms with Crippen LogP contribution >= 0.6 is 0 Å². The van der Waals surface area contributed by atoms with E-state index in [0.717, 1.165) is 55.6 Å². The third-order valence-corrected chi connectivity index (χ3v) is 8.48. The van der Waals surface area contributed by atoms with E-state index in [4.69, 9.17) is 35.0 Å². The van der Waals surface area contributed by atoms with Crippen molar-refractivity contribution in [2.45, 2.75) is 0 Å². The highest BCUT2D eigenvalue weighted by Gasteiger charge is 2.19. The van der Waals surface area contributed by atoms with Crippen molar-refractivity contribution in [3.63, 3.8) is 0 Å². The fraction of sp³-hybridized carbons (Fsp3) is 0.238. The predicted molar refractivity (Wildman–Crippen MR) is 199 cm³/mol. The monoisotopic (exact) mass is 681 g/mol. The molecule has 6 aromatic rings. The van der Waals surface area contributed by atoms with E-state index >= 15 is 0 Å². The highest BCUT2D eigenvalue weighted by atomic mass is 16.5. The van der Waals surface area contributed by atoms with E-state index in [2.05, 4.69) is 47.3 Å². The summed E-state index contributed by atoms with van der Waals surface area (Å²) in [5, 5.41) is 12.1. The normalized spacial score (nSPS) is 11.1. The Labute approximate surface area is 297 Å². The Balaban J connectivity index is 1.34. The zero-order valence-corrected chi connectivity index (χ0v) is 28.8. The number of benzene rings is 5. The number of ether oxygens (including phenoxy) is 6. The van der Waals surface area contributed by atoms with Crippen LogP contribution in [0.15, 0.2) is 103 Å². The second-order valence-corrected chi connectivity index (χ2v) is 11.7. The van der Waals surface area contributed by atoms with E-state index in [1.54, 1.807) is 32.4 Å². The fourth-order valence-electron chi connectivity index (χ4n) is 5.98. The molecule has 0 spiro atoms. The molecular formula is C42H39N3O6. The van der Waals surface area contributed by atoms with E-state index in [1.165, 1.54) is 0 Å². The summed E-state index contributed by atoms with van der Waals surface area (Å²) < 4.78 is 34.8. The number of hydrogen-bond donors (Lipinski definition) is 0. The smallest absolute Gasteiger partial charge is 0.211 e. The van der Waals surface area contributed by atoms with Gasteiger partial charge in [-0.2, -0.15) is 5.26 Å². The summed E-state index contributed by atoms with van der Waals surface area (Å²) in [6.45, 7) is 12.0. The van der Waals surface area contributed by atoms with Crippen LogP contribution < -0.4 is 9.47 Å². The van der Waals surface area contributed by atoms with Crippen LogP contribution in [0.3, 0.4) is 0 Å². The zero-order valence-electron chi connectivity index (χ0n) is 28.8. The van der Waals surface area contributed by atoms with Gasteiger partial charge in [-0.15, -0.1) is 0 Å². The lowest BCUT2D eigenvalue weighted by Gasteiger charge is -2.12. The second-order valence-electron chi connectivity index (χ2n) is 11.7.